The van der Waals surface area contributed by atoms with Crippen molar-refractivity contribution < 1.29 is 17.9 Å². The van der Waals surface area contributed by atoms with Crippen LogP contribution >= 0.6 is 22.9 Å². The first-order valence-corrected chi connectivity index (χ1v) is 13.1. The number of piperidine rings is 1. The van der Waals surface area contributed by atoms with Crippen LogP contribution in [0.2, 0.25) is 5.02 Å². The van der Waals surface area contributed by atoms with Crippen LogP contribution in [0.15, 0.2) is 65.0 Å². The number of fused-ring (bicyclic) bond motifs is 1. The zero-order valence-corrected chi connectivity index (χ0v) is 20.5. The molecule has 1 aliphatic rings. The SMILES string of the molecule is C=CCn1c(=NC(=O)C2CCCN(S(=O)(=O)c3ccc(Cl)cc3)C2)sc2cc(OC)ccc21. The summed E-state index contributed by atoms with van der Waals surface area (Å²) in [5.74, 6) is -0.0946. The number of methoxy groups -OCH3 is 1. The smallest absolute Gasteiger partial charge is 0.252 e. The van der Waals surface area contributed by atoms with Crippen molar-refractivity contribution in [1.29, 1.82) is 0 Å². The van der Waals surface area contributed by atoms with E-state index in [1.165, 1.54) is 27.8 Å². The number of carbonyl (C=O) groups excluding carboxylic acids is 1. The normalized spacial score (nSPS) is 17.9. The molecule has 0 saturated carbocycles. The van der Waals surface area contributed by atoms with Gasteiger partial charge in [-0.1, -0.05) is 29.0 Å². The van der Waals surface area contributed by atoms with E-state index < -0.39 is 15.9 Å². The number of thiazole rings is 1. The molecule has 174 valence electrons. The number of aromatic nitrogens is 1. The van der Waals surface area contributed by atoms with Crippen LogP contribution in [0.4, 0.5) is 0 Å². The number of allylic oxidation sites excluding steroid dienone is 1. The first-order valence-electron chi connectivity index (χ1n) is 10.5. The average Bonchev–Trinajstić information content (AvgIpc) is 3.15. The zero-order chi connectivity index (χ0) is 23.6. The molecule has 3 aromatic rings. The zero-order valence-electron chi connectivity index (χ0n) is 18.1. The highest BCUT2D eigenvalue weighted by atomic mass is 35.5. The molecule has 1 aliphatic heterocycles. The van der Waals surface area contributed by atoms with E-state index in [9.17, 15) is 13.2 Å². The summed E-state index contributed by atoms with van der Waals surface area (Å²) in [7, 11) is -2.11. The molecule has 10 heteroatoms. The minimum absolute atomic E-state index is 0.105. The van der Waals surface area contributed by atoms with E-state index in [1.807, 2.05) is 22.8 Å². The molecule has 0 N–H and O–H groups in total. The molecule has 2 aromatic carbocycles. The summed E-state index contributed by atoms with van der Waals surface area (Å²) in [6.45, 7) is 4.78. The number of hydrogen-bond acceptors (Lipinski definition) is 5. The van der Waals surface area contributed by atoms with Crippen molar-refractivity contribution >= 4 is 49.1 Å². The van der Waals surface area contributed by atoms with Crippen molar-refractivity contribution in [3.63, 3.8) is 0 Å². The maximum atomic E-state index is 13.1. The summed E-state index contributed by atoms with van der Waals surface area (Å²) < 4.78 is 35.7. The topological polar surface area (TPSA) is 81.0 Å². The van der Waals surface area contributed by atoms with Crippen LogP contribution < -0.4 is 9.54 Å². The Labute approximate surface area is 201 Å². The number of benzene rings is 2. The fraction of sp³-hybridized carbons (Fsp3) is 0.304. The maximum absolute atomic E-state index is 13.1. The Hall–Kier alpha value is -2.46. The fourth-order valence-electron chi connectivity index (χ4n) is 3.87. The lowest BCUT2D eigenvalue weighted by Crippen LogP contribution is -2.42. The number of carbonyl (C=O) groups is 1. The Kier molecular flexibility index (Phi) is 7.04. The summed E-state index contributed by atoms with van der Waals surface area (Å²) in [6.07, 6.45) is 2.94. The number of halogens is 1. The minimum atomic E-state index is -3.71. The Bertz CT molecular complexity index is 1360. The quantitative estimate of drug-likeness (QED) is 0.473. The second-order valence-electron chi connectivity index (χ2n) is 7.72. The van der Waals surface area contributed by atoms with Gasteiger partial charge in [-0.25, -0.2) is 8.42 Å². The highest BCUT2D eigenvalue weighted by Crippen LogP contribution is 2.26. The van der Waals surface area contributed by atoms with Crippen molar-refractivity contribution in [2.75, 3.05) is 20.2 Å². The third kappa shape index (κ3) is 4.91. The first-order chi connectivity index (χ1) is 15.8. The second kappa shape index (κ2) is 9.80. The van der Waals surface area contributed by atoms with Gasteiger partial charge in [-0.05, 0) is 55.3 Å². The van der Waals surface area contributed by atoms with E-state index in [4.69, 9.17) is 16.3 Å². The predicted molar refractivity (Wildman–Crippen MR) is 130 cm³/mol. The van der Waals surface area contributed by atoms with Crippen molar-refractivity contribution in [2.45, 2.75) is 24.3 Å². The van der Waals surface area contributed by atoms with Gasteiger partial charge in [0.1, 0.15) is 5.75 Å². The number of amides is 1. The van der Waals surface area contributed by atoms with Crippen molar-refractivity contribution in [2.24, 2.45) is 10.9 Å². The van der Waals surface area contributed by atoms with E-state index in [2.05, 4.69) is 11.6 Å². The average molecular weight is 506 g/mol. The number of rotatable bonds is 6. The third-order valence-corrected chi connectivity index (χ3v) is 8.76. The van der Waals surface area contributed by atoms with Gasteiger partial charge < -0.3 is 9.30 Å². The van der Waals surface area contributed by atoms with Gasteiger partial charge in [-0.15, -0.1) is 6.58 Å². The highest BCUT2D eigenvalue weighted by Gasteiger charge is 2.33. The molecule has 1 saturated heterocycles. The molecule has 1 fully saturated rings. The largest absolute Gasteiger partial charge is 0.497 e. The molecule has 4 rings (SSSR count). The number of hydrogen-bond donors (Lipinski definition) is 0. The molecular weight excluding hydrogens is 482 g/mol. The lowest BCUT2D eigenvalue weighted by atomic mass is 9.99. The van der Waals surface area contributed by atoms with Crippen LogP contribution in [0.5, 0.6) is 5.75 Å². The van der Waals surface area contributed by atoms with Gasteiger partial charge in [0, 0.05) is 24.7 Å². The fourth-order valence-corrected chi connectivity index (χ4v) is 6.60. The van der Waals surface area contributed by atoms with E-state index in [0.717, 1.165) is 16.0 Å². The summed E-state index contributed by atoms with van der Waals surface area (Å²) in [4.78, 5) is 18.2. The third-order valence-electron chi connectivity index (χ3n) is 5.59. The molecule has 0 spiro atoms. The maximum Gasteiger partial charge on any atom is 0.252 e. The summed E-state index contributed by atoms with van der Waals surface area (Å²) >= 11 is 7.28. The lowest BCUT2D eigenvalue weighted by Gasteiger charge is -2.30. The molecular formula is C23H24ClN3O4S2. The van der Waals surface area contributed by atoms with Gasteiger partial charge in [-0.3, -0.25) is 4.79 Å². The molecule has 0 bridgehead atoms. The molecule has 7 nitrogen and oxygen atoms in total. The molecule has 1 aromatic heterocycles. The van der Waals surface area contributed by atoms with Gasteiger partial charge >= 0.3 is 0 Å². The summed E-state index contributed by atoms with van der Waals surface area (Å²) in [5, 5.41) is 0.466. The van der Waals surface area contributed by atoms with Gasteiger partial charge in [0.25, 0.3) is 5.91 Å². The van der Waals surface area contributed by atoms with Crippen LogP contribution in [0.25, 0.3) is 10.2 Å². The van der Waals surface area contributed by atoms with Crippen LogP contribution in [0.3, 0.4) is 0 Å². The first kappa shape index (κ1) is 23.7. The van der Waals surface area contributed by atoms with E-state index in [0.29, 0.717) is 35.8 Å². The number of nitrogens with zero attached hydrogens (tertiary/aromatic N) is 3. The molecule has 33 heavy (non-hydrogen) atoms. The van der Waals surface area contributed by atoms with Crippen LogP contribution in [-0.2, 0) is 21.4 Å². The van der Waals surface area contributed by atoms with Crippen LogP contribution in [0, 0.1) is 5.92 Å². The number of ether oxygens (including phenoxy) is 1. The molecule has 1 atom stereocenters. The minimum Gasteiger partial charge on any atom is -0.497 e. The Balaban J connectivity index is 1.63. The Morgan fingerprint density at radius 2 is 2.06 bits per heavy atom. The van der Waals surface area contributed by atoms with Crippen molar-refractivity contribution in [3.8, 4) is 5.75 Å². The molecule has 1 unspecified atom stereocenters. The highest BCUT2D eigenvalue weighted by molar-refractivity contribution is 7.89. The van der Waals surface area contributed by atoms with Gasteiger partial charge in [0.2, 0.25) is 10.0 Å². The Morgan fingerprint density at radius 3 is 2.76 bits per heavy atom. The lowest BCUT2D eigenvalue weighted by molar-refractivity contribution is -0.122. The molecule has 0 aliphatic carbocycles. The van der Waals surface area contributed by atoms with Gasteiger partial charge in [-0.2, -0.15) is 9.30 Å². The summed E-state index contributed by atoms with van der Waals surface area (Å²) in [6, 6.07) is 11.8. The number of sulfonamides is 1. The van der Waals surface area contributed by atoms with Crippen molar-refractivity contribution in [3.05, 3.63) is 64.9 Å². The molecule has 1 amide bonds. The second-order valence-corrected chi connectivity index (χ2v) is 11.1. The van der Waals surface area contributed by atoms with Gasteiger partial charge in [0.15, 0.2) is 4.80 Å². The van der Waals surface area contributed by atoms with Gasteiger partial charge in [0.05, 0.1) is 28.1 Å². The summed E-state index contributed by atoms with van der Waals surface area (Å²) in [5.41, 5.74) is 0.933. The predicted octanol–water partition coefficient (Wildman–Crippen LogP) is 4.08. The van der Waals surface area contributed by atoms with Crippen LogP contribution in [-0.4, -0.2) is 43.4 Å². The van der Waals surface area contributed by atoms with E-state index in [1.54, 1.807) is 25.3 Å². The standard InChI is InChI=1S/C23H24ClN3O4S2/c1-3-12-27-20-11-8-18(31-2)14-21(20)32-23(27)25-22(28)16-5-4-13-26(15-16)33(29,30)19-9-6-17(24)7-10-19/h3,6-11,14,16H,1,4-5,12-13,15H2,2H3. The van der Waals surface area contributed by atoms with E-state index >= 15 is 0 Å². The molecule has 0 radical (unpaired) electrons. The Morgan fingerprint density at radius 1 is 1.30 bits per heavy atom. The monoisotopic (exact) mass is 505 g/mol. The van der Waals surface area contributed by atoms with Crippen molar-refractivity contribution in [1.82, 2.24) is 8.87 Å². The molecule has 2 heterocycles. The van der Waals surface area contributed by atoms with E-state index in [-0.39, 0.29) is 17.3 Å². The van der Waals surface area contributed by atoms with Crippen LogP contribution in [0.1, 0.15) is 12.8 Å².